The summed E-state index contributed by atoms with van der Waals surface area (Å²) in [5.41, 5.74) is 12.0. The van der Waals surface area contributed by atoms with E-state index in [1.54, 1.807) is 0 Å². The normalized spacial score (nSPS) is 11.9. The number of aryl methyl sites for hydroxylation is 1. The number of benzene rings is 8. The summed E-state index contributed by atoms with van der Waals surface area (Å²) in [6.45, 7) is 2.14. The van der Waals surface area contributed by atoms with E-state index in [0.29, 0.717) is 17.5 Å². The van der Waals surface area contributed by atoms with Gasteiger partial charge in [-0.15, -0.1) is 0 Å². The highest BCUT2D eigenvalue weighted by Crippen LogP contribution is 2.46. The second kappa shape index (κ2) is 12.6. The van der Waals surface area contributed by atoms with Gasteiger partial charge in [0.25, 0.3) is 0 Å². The second-order valence-corrected chi connectivity index (χ2v) is 14.8. The molecule has 12 rings (SSSR count). The molecular weight excluding hydrogens is 711 g/mol. The summed E-state index contributed by atoms with van der Waals surface area (Å²) in [6, 6.07) is 63.6. The molecule has 0 saturated carbocycles. The van der Waals surface area contributed by atoms with Crippen molar-refractivity contribution in [1.82, 2.24) is 24.1 Å². The Bertz CT molecular complexity index is 3510. The molecule has 4 heterocycles. The summed E-state index contributed by atoms with van der Waals surface area (Å²) in [4.78, 5) is 15.3. The maximum Gasteiger partial charge on any atom is 0.168 e. The lowest BCUT2D eigenvalue weighted by Crippen LogP contribution is -2.03. The molecule has 0 aliphatic heterocycles. The van der Waals surface area contributed by atoms with Crippen LogP contribution in [0.2, 0.25) is 0 Å². The summed E-state index contributed by atoms with van der Waals surface area (Å²) in [6.07, 6.45) is 0. The molecule has 0 saturated heterocycles. The number of hydrogen-bond acceptors (Lipinski definition) is 4. The number of hydrogen-bond donors (Lipinski definition) is 0. The molecule has 0 aliphatic rings. The van der Waals surface area contributed by atoms with Crippen LogP contribution < -0.4 is 0 Å². The molecular formula is C52H33N5O. The largest absolute Gasteiger partial charge is 0.455 e. The molecule has 272 valence electrons. The van der Waals surface area contributed by atoms with Crippen LogP contribution in [0.25, 0.3) is 111 Å². The molecule has 0 bridgehead atoms. The van der Waals surface area contributed by atoms with Gasteiger partial charge in [-0.1, -0.05) is 133 Å². The van der Waals surface area contributed by atoms with Crippen LogP contribution in [0, 0.1) is 6.92 Å². The summed E-state index contributed by atoms with van der Waals surface area (Å²) in [5, 5.41) is 6.91. The monoisotopic (exact) mass is 743 g/mol. The van der Waals surface area contributed by atoms with Gasteiger partial charge in [-0.05, 0) is 61.0 Å². The zero-order chi connectivity index (χ0) is 38.3. The van der Waals surface area contributed by atoms with Crippen molar-refractivity contribution < 1.29 is 4.42 Å². The molecule has 58 heavy (non-hydrogen) atoms. The molecule has 0 aliphatic carbocycles. The molecule has 6 nitrogen and oxygen atoms in total. The minimum atomic E-state index is 0.568. The first-order valence-electron chi connectivity index (χ1n) is 19.5. The van der Waals surface area contributed by atoms with E-state index in [-0.39, 0.29) is 0 Å². The lowest BCUT2D eigenvalue weighted by atomic mass is 10.0. The maximum atomic E-state index is 6.94. The molecule has 0 radical (unpaired) electrons. The Balaban J connectivity index is 1.19. The van der Waals surface area contributed by atoms with Crippen molar-refractivity contribution in [2.45, 2.75) is 6.92 Å². The fraction of sp³-hybridized carbons (Fsp3) is 0.0192. The van der Waals surface area contributed by atoms with Gasteiger partial charge < -0.3 is 13.6 Å². The van der Waals surface area contributed by atoms with Gasteiger partial charge in [0.05, 0.1) is 38.7 Å². The zero-order valence-corrected chi connectivity index (χ0v) is 31.5. The van der Waals surface area contributed by atoms with Crippen molar-refractivity contribution >= 4 is 65.6 Å². The standard InChI is InChI=1S/C52H33N5O/c1-32-31-43(57-40-27-15-12-24-37(40)47-42(57)30-29-41-46(47)36-23-11-14-26-39(36)56(41)35-21-9-4-10-22-35)48-38-25-13-16-28-44(38)58-49(48)45(32)52-54-50(33-17-5-2-6-18-33)53-51(55-52)34-19-7-3-8-20-34/h2-31H,1H3. The SMILES string of the molecule is Cc1cc(-n2c3ccccc3c3c4c5ccccc5n(-c5ccccc5)c4ccc32)c2c(oc3ccccc32)c1-c1nc(-c2ccccc2)nc(-c2ccccc2)n1. The van der Waals surface area contributed by atoms with Gasteiger partial charge in [0.2, 0.25) is 0 Å². The predicted octanol–water partition coefficient (Wildman–Crippen LogP) is 13.3. The van der Waals surface area contributed by atoms with E-state index in [1.165, 1.54) is 32.6 Å². The summed E-state index contributed by atoms with van der Waals surface area (Å²) in [5.74, 6) is 1.79. The molecule has 0 atom stereocenters. The van der Waals surface area contributed by atoms with Gasteiger partial charge in [0.15, 0.2) is 17.5 Å². The van der Waals surface area contributed by atoms with Crippen LogP contribution in [0.5, 0.6) is 0 Å². The number of nitrogens with zero attached hydrogens (tertiary/aromatic N) is 5. The molecule has 0 unspecified atom stereocenters. The molecule has 12 aromatic rings. The first-order chi connectivity index (χ1) is 28.7. The number of aromatic nitrogens is 5. The lowest BCUT2D eigenvalue weighted by Gasteiger charge is -2.15. The Labute approximate surface area is 332 Å². The van der Waals surface area contributed by atoms with E-state index in [2.05, 4.69) is 125 Å². The Morgan fingerprint density at radius 1 is 0.414 bits per heavy atom. The van der Waals surface area contributed by atoms with Crippen molar-refractivity contribution in [3.63, 3.8) is 0 Å². The van der Waals surface area contributed by atoms with Crippen LogP contribution in [0.15, 0.2) is 186 Å². The van der Waals surface area contributed by atoms with Gasteiger partial charge in [0.1, 0.15) is 11.2 Å². The number of furan rings is 1. The van der Waals surface area contributed by atoms with Gasteiger partial charge >= 0.3 is 0 Å². The number of para-hydroxylation sites is 4. The Morgan fingerprint density at radius 2 is 0.897 bits per heavy atom. The summed E-state index contributed by atoms with van der Waals surface area (Å²) < 4.78 is 11.8. The van der Waals surface area contributed by atoms with E-state index in [9.17, 15) is 0 Å². The van der Waals surface area contributed by atoms with Crippen LogP contribution >= 0.6 is 0 Å². The van der Waals surface area contributed by atoms with E-state index in [1.807, 2.05) is 72.8 Å². The molecule has 6 heteroatoms. The minimum absolute atomic E-state index is 0.568. The van der Waals surface area contributed by atoms with Crippen LogP contribution in [0.1, 0.15) is 5.56 Å². The van der Waals surface area contributed by atoms with Crippen molar-refractivity contribution in [3.8, 4) is 45.5 Å². The highest BCUT2D eigenvalue weighted by atomic mass is 16.3. The van der Waals surface area contributed by atoms with Crippen molar-refractivity contribution in [2.24, 2.45) is 0 Å². The van der Waals surface area contributed by atoms with E-state index in [4.69, 9.17) is 19.4 Å². The Morgan fingerprint density at radius 3 is 1.52 bits per heavy atom. The average molecular weight is 744 g/mol. The molecule has 8 aromatic carbocycles. The van der Waals surface area contributed by atoms with Gasteiger partial charge in [-0.25, -0.2) is 15.0 Å². The predicted molar refractivity (Wildman–Crippen MR) is 237 cm³/mol. The third-order valence-electron chi connectivity index (χ3n) is 11.5. The second-order valence-electron chi connectivity index (χ2n) is 14.8. The number of rotatable bonds is 5. The fourth-order valence-electron chi connectivity index (χ4n) is 9.01. The first kappa shape index (κ1) is 32.4. The first-order valence-corrected chi connectivity index (χ1v) is 19.5. The van der Waals surface area contributed by atoms with Crippen LogP contribution in [-0.4, -0.2) is 24.1 Å². The van der Waals surface area contributed by atoms with Crippen molar-refractivity contribution in [1.29, 1.82) is 0 Å². The highest BCUT2D eigenvalue weighted by molar-refractivity contribution is 6.29. The maximum absolute atomic E-state index is 6.94. The van der Waals surface area contributed by atoms with E-state index >= 15 is 0 Å². The molecule has 4 aromatic heterocycles. The van der Waals surface area contributed by atoms with Gasteiger partial charge in [0, 0.05) is 43.7 Å². The van der Waals surface area contributed by atoms with E-state index < -0.39 is 0 Å². The minimum Gasteiger partial charge on any atom is -0.455 e. The Kier molecular flexibility index (Phi) is 7.04. The molecule has 0 N–H and O–H groups in total. The zero-order valence-electron chi connectivity index (χ0n) is 31.5. The van der Waals surface area contributed by atoms with Crippen molar-refractivity contribution in [2.75, 3.05) is 0 Å². The Hall–Kier alpha value is -7.83. The number of fused-ring (bicyclic) bond motifs is 10. The highest BCUT2D eigenvalue weighted by Gasteiger charge is 2.26. The third-order valence-corrected chi connectivity index (χ3v) is 11.5. The smallest absolute Gasteiger partial charge is 0.168 e. The van der Waals surface area contributed by atoms with Crippen molar-refractivity contribution in [3.05, 3.63) is 188 Å². The van der Waals surface area contributed by atoms with Gasteiger partial charge in [-0.2, -0.15) is 0 Å². The lowest BCUT2D eigenvalue weighted by molar-refractivity contribution is 0.669. The summed E-state index contributed by atoms with van der Waals surface area (Å²) >= 11 is 0. The van der Waals surface area contributed by atoms with Crippen LogP contribution in [-0.2, 0) is 0 Å². The topological polar surface area (TPSA) is 61.7 Å². The van der Waals surface area contributed by atoms with Crippen LogP contribution in [0.3, 0.4) is 0 Å². The van der Waals surface area contributed by atoms with E-state index in [0.717, 1.165) is 66.6 Å². The molecule has 0 fully saturated rings. The quantitative estimate of drug-likeness (QED) is 0.176. The average Bonchev–Trinajstić information content (AvgIpc) is 3.95. The molecule has 0 amide bonds. The van der Waals surface area contributed by atoms with Crippen LogP contribution in [0.4, 0.5) is 0 Å². The molecule has 0 spiro atoms. The third kappa shape index (κ3) is 4.75. The summed E-state index contributed by atoms with van der Waals surface area (Å²) in [7, 11) is 0. The fourth-order valence-corrected chi connectivity index (χ4v) is 9.01. The van der Waals surface area contributed by atoms with Gasteiger partial charge in [-0.3, -0.25) is 0 Å².